The lowest BCUT2D eigenvalue weighted by Gasteiger charge is -1.90. The van der Waals surface area contributed by atoms with Gasteiger partial charge in [-0.1, -0.05) is 11.8 Å². The summed E-state index contributed by atoms with van der Waals surface area (Å²) in [6.07, 6.45) is 0. The van der Waals surface area contributed by atoms with Gasteiger partial charge in [-0.2, -0.15) is 0 Å². The molecule has 1 aliphatic rings. The van der Waals surface area contributed by atoms with Gasteiger partial charge in [0.25, 0.3) is 0 Å². The molecule has 1 atom stereocenters. The SMILES string of the molecule is NC1CN=CS1. The van der Waals surface area contributed by atoms with Crippen molar-refractivity contribution >= 4 is 17.3 Å². The minimum atomic E-state index is 0.241. The van der Waals surface area contributed by atoms with Gasteiger partial charge < -0.3 is 5.73 Å². The molecule has 2 nitrogen and oxygen atoms in total. The highest BCUT2D eigenvalue weighted by molar-refractivity contribution is 8.12. The molecule has 6 heavy (non-hydrogen) atoms. The van der Waals surface area contributed by atoms with Crippen molar-refractivity contribution in [3.63, 3.8) is 0 Å². The molecule has 0 saturated carbocycles. The normalized spacial score (nSPS) is 31.8. The number of aliphatic imine (C=N–C) groups is 1. The fourth-order valence-electron chi connectivity index (χ4n) is 0.311. The molecular formula is C3H6N2S. The van der Waals surface area contributed by atoms with Crippen molar-refractivity contribution in [3.05, 3.63) is 0 Å². The van der Waals surface area contributed by atoms with Crippen LogP contribution in [-0.4, -0.2) is 17.5 Å². The second-order valence-electron chi connectivity index (χ2n) is 1.15. The highest BCUT2D eigenvalue weighted by Crippen LogP contribution is 2.07. The van der Waals surface area contributed by atoms with Crippen LogP contribution in [0.2, 0.25) is 0 Å². The molecule has 0 spiro atoms. The topological polar surface area (TPSA) is 38.4 Å². The number of rotatable bonds is 0. The molecule has 1 unspecified atom stereocenters. The van der Waals surface area contributed by atoms with Crippen LogP contribution >= 0.6 is 11.8 Å². The molecule has 1 heterocycles. The molecule has 2 N–H and O–H groups in total. The molecule has 0 amide bonds. The number of nitrogens with two attached hydrogens (primary N) is 1. The van der Waals surface area contributed by atoms with Gasteiger partial charge in [-0.3, -0.25) is 4.99 Å². The van der Waals surface area contributed by atoms with Gasteiger partial charge in [-0.05, 0) is 0 Å². The maximum absolute atomic E-state index is 5.37. The minimum absolute atomic E-state index is 0.241. The summed E-state index contributed by atoms with van der Waals surface area (Å²) in [5.41, 5.74) is 7.17. The summed E-state index contributed by atoms with van der Waals surface area (Å²) in [7, 11) is 0. The van der Waals surface area contributed by atoms with Gasteiger partial charge >= 0.3 is 0 Å². The third kappa shape index (κ3) is 0.725. The lowest BCUT2D eigenvalue weighted by Crippen LogP contribution is -2.14. The van der Waals surface area contributed by atoms with E-state index in [-0.39, 0.29) is 5.37 Å². The molecule has 34 valence electrons. The van der Waals surface area contributed by atoms with Crippen LogP contribution in [0.3, 0.4) is 0 Å². The zero-order valence-electron chi connectivity index (χ0n) is 3.29. The molecule has 0 aliphatic carbocycles. The van der Waals surface area contributed by atoms with Crippen molar-refractivity contribution in [1.29, 1.82) is 0 Å². The van der Waals surface area contributed by atoms with Crippen molar-refractivity contribution in [2.24, 2.45) is 10.7 Å². The predicted octanol–water partition coefficient (Wildman–Crippen LogP) is 0.0463. The van der Waals surface area contributed by atoms with Gasteiger partial charge in [0.05, 0.1) is 17.5 Å². The fourth-order valence-corrected chi connectivity index (χ4v) is 0.812. The number of thioether (sulfide) groups is 1. The first kappa shape index (κ1) is 4.15. The highest BCUT2D eigenvalue weighted by atomic mass is 32.2. The number of hydrogen-bond acceptors (Lipinski definition) is 3. The van der Waals surface area contributed by atoms with Crippen LogP contribution in [0.25, 0.3) is 0 Å². The van der Waals surface area contributed by atoms with Crippen LogP contribution in [0.1, 0.15) is 0 Å². The molecule has 0 bridgehead atoms. The van der Waals surface area contributed by atoms with E-state index in [4.69, 9.17) is 5.73 Å². The summed E-state index contributed by atoms with van der Waals surface area (Å²) in [6, 6.07) is 0. The van der Waals surface area contributed by atoms with Crippen LogP contribution in [-0.2, 0) is 0 Å². The summed E-state index contributed by atoms with van der Waals surface area (Å²) in [6.45, 7) is 0.796. The van der Waals surface area contributed by atoms with Crippen molar-refractivity contribution in [3.8, 4) is 0 Å². The summed E-state index contributed by atoms with van der Waals surface area (Å²) in [5.74, 6) is 0. The van der Waals surface area contributed by atoms with Gasteiger partial charge in [0.2, 0.25) is 0 Å². The molecule has 0 saturated heterocycles. The van der Waals surface area contributed by atoms with E-state index in [1.54, 1.807) is 17.3 Å². The average Bonchev–Trinajstić information content (AvgIpc) is 1.86. The van der Waals surface area contributed by atoms with E-state index in [0.717, 1.165) is 6.54 Å². The van der Waals surface area contributed by atoms with Gasteiger partial charge in [0, 0.05) is 0 Å². The number of hydrogen-bond donors (Lipinski definition) is 1. The van der Waals surface area contributed by atoms with Gasteiger partial charge in [0.15, 0.2) is 0 Å². The van der Waals surface area contributed by atoms with Gasteiger partial charge in [-0.15, -0.1) is 0 Å². The molecule has 1 aliphatic heterocycles. The van der Waals surface area contributed by atoms with Gasteiger partial charge in [0.1, 0.15) is 0 Å². The number of nitrogens with zero attached hydrogens (tertiary/aromatic N) is 1. The standard InChI is InChI=1S/C3H6N2S/c4-3-1-5-2-6-3/h2-3H,1,4H2. The molecular weight excluding hydrogens is 96.1 g/mol. The Labute approximate surface area is 40.8 Å². The van der Waals surface area contributed by atoms with Crippen LogP contribution in [0.5, 0.6) is 0 Å². The zero-order chi connectivity index (χ0) is 4.41. The molecule has 0 radical (unpaired) electrons. The maximum atomic E-state index is 5.37. The first-order chi connectivity index (χ1) is 2.89. The lowest BCUT2D eigenvalue weighted by molar-refractivity contribution is 0.936. The molecule has 0 aromatic carbocycles. The molecule has 1 rings (SSSR count). The maximum Gasteiger partial charge on any atom is 0.0761 e. The Balaban J connectivity index is 2.32. The summed E-state index contributed by atoms with van der Waals surface area (Å²) in [5, 5.41) is 0.241. The second-order valence-corrected chi connectivity index (χ2v) is 2.23. The van der Waals surface area contributed by atoms with Crippen molar-refractivity contribution in [2.45, 2.75) is 5.37 Å². The monoisotopic (exact) mass is 102 g/mol. The Morgan fingerprint density at radius 3 is 3.00 bits per heavy atom. The van der Waals surface area contributed by atoms with Crippen LogP contribution in [0, 0.1) is 0 Å². The predicted molar refractivity (Wildman–Crippen MR) is 28.9 cm³/mol. The Hall–Kier alpha value is -0.0200. The van der Waals surface area contributed by atoms with E-state index >= 15 is 0 Å². The summed E-state index contributed by atoms with van der Waals surface area (Å²) < 4.78 is 0. The third-order valence-corrected chi connectivity index (χ3v) is 1.36. The Bertz CT molecular complexity index is 63.2. The van der Waals surface area contributed by atoms with E-state index in [0.29, 0.717) is 0 Å². The van der Waals surface area contributed by atoms with Crippen molar-refractivity contribution in [1.82, 2.24) is 0 Å². The van der Waals surface area contributed by atoms with Crippen molar-refractivity contribution in [2.75, 3.05) is 6.54 Å². The van der Waals surface area contributed by atoms with E-state index in [9.17, 15) is 0 Å². The summed E-state index contributed by atoms with van der Waals surface area (Å²) >= 11 is 1.58. The van der Waals surface area contributed by atoms with E-state index in [1.165, 1.54) is 0 Å². The first-order valence-corrected chi connectivity index (χ1v) is 2.73. The lowest BCUT2D eigenvalue weighted by atomic mass is 10.7. The zero-order valence-corrected chi connectivity index (χ0v) is 4.11. The highest BCUT2D eigenvalue weighted by Gasteiger charge is 2.02. The Kier molecular flexibility index (Phi) is 1.12. The van der Waals surface area contributed by atoms with E-state index in [1.807, 2.05) is 0 Å². The quantitative estimate of drug-likeness (QED) is 0.469. The smallest absolute Gasteiger partial charge is 0.0761 e. The van der Waals surface area contributed by atoms with E-state index in [2.05, 4.69) is 4.99 Å². The van der Waals surface area contributed by atoms with Crippen LogP contribution in [0.15, 0.2) is 4.99 Å². The minimum Gasteiger partial charge on any atom is -0.318 e. The molecule has 0 aromatic rings. The Morgan fingerprint density at radius 1 is 2.00 bits per heavy atom. The second kappa shape index (κ2) is 1.62. The van der Waals surface area contributed by atoms with Crippen LogP contribution in [0.4, 0.5) is 0 Å². The third-order valence-electron chi connectivity index (χ3n) is 0.596. The first-order valence-electron chi connectivity index (χ1n) is 1.79. The fraction of sp³-hybridized carbons (Fsp3) is 0.667. The average molecular weight is 102 g/mol. The van der Waals surface area contributed by atoms with Crippen molar-refractivity contribution < 1.29 is 0 Å². The summed E-state index contributed by atoms with van der Waals surface area (Å²) in [4.78, 5) is 3.88. The Morgan fingerprint density at radius 2 is 2.83 bits per heavy atom. The van der Waals surface area contributed by atoms with Crippen LogP contribution < -0.4 is 5.73 Å². The molecule has 0 fully saturated rings. The largest absolute Gasteiger partial charge is 0.318 e. The van der Waals surface area contributed by atoms with E-state index < -0.39 is 0 Å². The molecule has 0 aromatic heterocycles. The van der Waals surface area contributed by atoms with Gasteiger partial charge in [-0.25, -0.2) is 0 Å². The molecule has 3 heteroatoms.